The van der Waals surface area contributed by atoms with Gasteiger partial charge in [0.25, 0.3) is 0 Å². The van der Waals surface area contributed by atoms with Crippen LogP contribution in [0, 0.1) is 17.8 Å². The topological polar surface area (TPSA) is 59.0 Å². The van der Waals surface area contributed by atoms with Crippen LogP contribution in [0.25, 0.3) is 10.9 Å². The lowest BCUT2D eigenvalue weighted by Gasteiger charge is -2.25. The van der Waals surface area contributed by atoms with Crippen LogP contribution in [0.1, 0.15) is 25.1 Å². The number of benzene rings is 1. The first kappa shape index (κ1) is 13.5. The van der Waals surface area contributed by atoms with Gasteiger partial charge in [-0.2, -0.15) is 5.10 Å². The maximum absolute atomic E-state index is 12.7. The largest absolute Gasteiger partial charge is 0.345 e. The number of rotatable bonds is 3. The van der Waals surface area contributed by atoms with Crippen LogP contribution in [0.3, 0.4) is 0 Å². The van der Waals surface area contributed by atoms with Crippen molar-refractivity contribution in [1.29, 1.82) is 0 Å². The lowest BCUT2D eigenvalue weighted by Crippen LogP contribution is -2.43. The summed E-state index contributed by atoms with van der Waals surface area (Å²) >= 11 is 0. The van der Waals surface area contributed by atoms with Crippen LogP contribution in [-0.4, -0.2) is 28.8 Å². The van der Waals surface area contributed by atoms with Gasteiger partial charge in [-0.05, 0) is 50.8 Å². The molecule has 0 bridgehead atoms. The monoisotopic (exact) mass is 310 g/mol. The molecule has 0 spiro atoms. The first-order valence-corrected chi connectivity index (χ1v) is 8.58. The highest BCUT2D eigenvalue weighted by Gasteiger charge is 2.57. The minimum atomic E-state index is -0.444. The maximum Gasteiger partial charge on any atom is 0.224 e. The Morgan fingerprint density at radius 2 is 2.13 bits per heavy atom. The SMILES string of the molecule is CC(C)(NC(=O)[C@H]1[C@@H]2CNC[C@@H]21)c1nn2c3c(cccc13)CC2. The van der Waals surface area contributed by atoms with E-state index < -0.39 is 5.54 Å². The molecule has 1 aromatic carbocycles. The molecule has 3 heterocycles. The average Bonchev–Trinajstić information content (AvgIpc) is 2.95. The zero-order valence-electron chi connectivity index (χ0n) is 13.6. The first-order valence-electron chi connectivity index (χ1n) is 8.58. The number of aromatic nitrogens is 2. The van der Waals surface area contributed by atoms with E-state index in [1.165, 1.54) is 16.5 Å². The van der Waals surface area contributed by atoms with Crippen molar-refractivity contribution in [2.75, 3.05) is 13.1 Å². The van der Waals surface area contributed by atoms with Gasteiger partial charge in [-0.1, -0.05) is 18.2 Å². The Labute approximate surface area is 135 Å². The van der Waals surface area contributed by atoms with Crippen molar-refractivity contribution < 1.29 is 4.79 Å². The minimum Gasteiger partial charge on any atom is -0.345 e. The molecule has 1 saturated carbocycles. The summed E-state index contributed by atoms with van der Waals surface area (Å²) in [4.78, 5) is 12.7. The van der Waals surface area contributed by atoms with E-state index in [2.05, 4.69) is 47.4 Å². The third-order valence-corrected chi connectivity index (χ3v) is 5.87. The van der Waals surface area contributed by atoms with Gasteiger partial charge in [-0.3, -0.25) is 9.48 Å². The Morgan fingerprint density at radius 3 is 2.91 bits per heavy atom. The number of nitrogens with one attached hydrogen (secondary N) is 2. The van der Waals surface area contributed by atoms with Crippen LogP contribution in [0.5, 0.6) is 0 Å². The van der Waals surface area contributed by atoms with Crippen molar-refractivity contribution in [2.24, 2.45) is 17.8 Å². The van der Waals surface area contributed by atoms with Crippen LogP contribution in [0.2, 0.25) is 0 Å². The van der Waals surface area contributed by atoms with E-state index in [4.69, 9.17) is 5.10 Å². The average molecular weight is 310 g/mol. The molecular formula is C18H22N4O. The van der Waals surface area contributed by atoms with E-state index >= 15 is 0 Å². The molecule has 5 heteroatoms. The van der Waals surface area contributed by atoms with Gasteiger partial charge in [0, 0.05) is 17.8 Å². The molecule has 5 nitrogen and oxygen atoms in total. The summed E-state index contributed by atoms with van der Waals surface area (Å²) in [6, 6.07) is 6.42. The Hall–Kier alpha value is -1.88. The number of piperidine rings is 1. The van der Waals surface area contributed by atoms with Gasteiger partial charge < -0.3 is 10.6 Å². The number of hydrogen-bond donors (Lipinski definition) is 2. The Kier molecular flexibility index (Phi) is 2.56. The smallest absolute Gasteiger partial charge is 0.224 e. The summed E-state index contributed by atoms with van der Waals surface area (Å²) in [7, 11) is 0. The van der Waals surface area contributed by atoms with Crippen LogP contribution < -0.4 is 10.6 Å². The molecule has 3 atom stereocenters. The number of aryl methyl sites for hydroxylation is 2. The highest BCUT2D eigenvalue weighted by Crippen LogP contribution is 2.49. The lowest BCUT2D eigenvalue weighted by molar-refractivity contribution is -0.124. The molecule has 1 amide bonds. The molecule has 0 unspecified atom stereocenters. The predicted octanol–water partition coefficient (Wildman–Crippen LogP) is 1.41. The predicted molar refractivity (Wildman–Crippen MR) is 87.9 cm³/mol. The van der Waals surface area contributed by atoms with Gasteiger partial charge in [-0.25, -0.2) is 0 Å². The number of fused-ring (bicyclic) bond motifs is 1. The number of carbonyl (C=O) groups excluding carboxylic acids is 1. The van der Waals surface area contributed by atoms with Crippen molar-refractivity contribution in [3.63, 3.8) is 0 Å². The Balaban J connectivity index is 1.46. The highest BCUT2D eigenvalue weighted by atomic mass is 16.2. The van der Waals surface area contributed by atoms with Gasteiger partial charge >= 0.3 is 0 Å². The van der Waals surface area contributed by atoms with Crippen LogP contribution in [-0.2, 0) is 23.3 Å². The first-order chi connectivity index (χ1) is 11.1. The van der Waals surface area contributed by atoms with Crippen LogP contribution in [0.4, 0.5) is 0 Å². The van der Waals surface area contributed by atoms with Crippen molar-refractivity contribution in [3.05, 3.63) is 29.5 Å². The maximum atomic E-state index is 12.7. The second-order valence-corrected chi connectivity index (χ2v) is 7.76. The summed E-state index contributed by atoms with van der Waals surface area (Å²) in [6.07, 6.45) is 1.06. The number of hydrogen-bond acceptors (Lipinski definition) is 3. The molecular weight excluding hydrogens is 288 g/mol. The molecule has 3 aliphatic rings. The van der Waals surface area contributed by atoms with E-state index in [0.717, 1.165) is 31.7 Å². The summed E-state index contributed by atoms with van der Waals surface area (Å²) in [6.45, 7) is 7.07. The molecule has 1 saturated heterocycles. The summed E-state index contributed by atoms with van der Waals surface area (Å²) < 4.78 is 2.10. The quantitative estimate of drug-likeness (QED) is 0.901. The van der Waals surface area contributed by atoms with Gasteiger partial charge in [0.05, 0.1) is 16.7 Å². The van der Waals surface area contributed by atoms with Crippen molar-refractivity contribution in [3.8, 4) is 0 Å². The third kappa shape index (κ3) is 1.83. The number of nitrogens with zero attached hydrogens (tertiary/aromatic N) is 2. The molecule has 1 aliphatic carbocycles. The summed E-state index contributed by atoms with van der Waals surface area (Å²) in [5, 5.41) is 12.6. The van der Waals surface area contributed by atoms with Crippen LogP contribution >= 0.6 is 0 Å². The van der Waals surface area contributed by atoms with E-state index in [1.54, 1.807) is 0 Å². The molecule has 5 rings (SSSR count). The molecule has 2 N–H and O–H groups in total. The van der Waals surface area contributed by atoms with E-state index in [-0.39, 0.29) is 11.8 Å². The van der Waals surface area contributed by atoms with Crippen molar-refractivity contribution in [2.45, 2.75) is 32.4 Å². The van der Waals surface area contributed by atoms with Gasteiger partial charge in [-0.15, -0.1) is 0 Å². The minimum absolute atomic E-state index is 0.197. The lowest BCUT2D eigenvalue weighted by atomic mass is 9.95. The third-order valence-electron chi connectivity index (χ3n) is 5.87. The molecule has 2 aliphatic heterocycles. The fourth-order valence-corrected chi connectivity index (χ4v) is 4.62. The fraction of sp³-hybridized carbons (Fsp3) is 0.556. The van der Waals surface area contributed by atoms with Gasteiger partial charge in [0.15, 0.2) is 0 Å². The summed E-state index contributed by atoms with van der Waals surface area (Å²) in [5.41, 5.74) is 3.16. The van der Waals surface area contributed by atoms with E-state index in [1.807, 2.05) is 0 Å². The van der Waals surface area contributed by atoms with Crippen LogP contribution in [0.15, 0.2) is 18.2 Å². The van der Waals surface area contributed by atoms with Gasteiger partial charge in [0.2, 0.25) is 5.91 Å². The highest BCUT2D eigenvalue weighted by molar-refractivity contribution is 5.88. The fourth-order valence-electron chi connectivity index (χ4n) is 4.62. The summed E-state index contributed by atoms with van der Waals surface area (Å²) in [5.74, 6) is 1.49. The number of para-hydroxylation sites is 1. The zero-order valence-corrected chi connectivity index (χ0v) is 13.6. The number of carbonyl (C=O) groups is 1. The molecule has 0 radical (unpaired) electrons. The van der Waals surface area contributed by atoms with E-state index in [0.29, 0.717) is 11.8 Å². The van der Waals surface area contributed by atoms with Gasteiger partial charge in [0.1, 0.15) is 0 Å². The Bertz CT molecular complexity index is 812. The standard InChI is InChI=1S/C18H22N4O/c1-18(2,20-17(23)14-12-8-19-9-13(12)14)16-11-5-3-4-10-6-7-22(21-16)15(10)11/h3-5,12-14,19H,6-9H2,1-2H3,(H,20,23)/t12-,13+,14+. The molecule has 1 aromatic heterocycles. The second-order valence-electron chi connectivity index (χ2n) is 7.76. The number of amides is 1. The zero-order chi connectivity index (χ0) is 15.8. The van der Waals surface area contributed by atoms with E-state index in [9.17, 15) is 4.79 Å². The molecule has 23 heavy (non-hydrogen) atoms. The molecule has 2 fully saturated rings. The van der Waals surface area contributed by atoms with Crippen molar-refractivity contribution >= 4 is 16.8 Å². The Morgan fingerprint density at radius 1 is 1.35 bits per heavy atom. The normalized spacial score (nSPS) is 28.2. The van der Waals surface area contributed by atoms with Crippen molar-refractivity contribution in [1.82, 2.24) is 20.4 Å². The molecule has 120 valence electrons. The second kappa shape index (κ2) is 4.35. The molecule has 2 aromatic rings.